The third kappa shape index (κ3) is 3.24. The van der Waals surface area contributed by atoms with Gasteiger partial charge in [0.1, 0.15) is 5.60 Å². The molecule has 0 spiro atoms. The van der Waals surface area contributed by atoms with Gasteiger partial charge in [0.15, 0.2) is 0 Å². The smallest absolute Gasteiger partial charge is 0.444 e. The summed E-state index contributed by atoms with van der Waals surface area (Å²) in [6, 6.07) is 8.58. The first kappa shape index (κ1) is 19.8. The number of amides is 1. The lowest BCUT2D eigenvalue weighted by Gasteiger charge is -2.32. The minimum atomic E-state index is -0.457. The van der Waals surface area contributed by atoms with E-state index >= 15 is 0 Å². The van der Waals surface area contributed by atoms with Gasteiger partial charge in [0.05, 0.1) is 11.2 Å². The number of fused-ring (bicyclic) bond motifs is 1. The Morgan fingerprint density at radius 3 is 2.21 bits per heavy atom. The van der Waals surface area contributed by atoms with Crippen LogP contribution < -0.4 is 5.46 Å². The van der Waals surface area contributed by atoms with Crippen LogP contribution in [0.2, 0.25) is 0 Å². The van der Waals surface area contributed by atoms with E-state index in [0.29, 0.717) is 5.92 Å². The van der Waals surface area contributed by atoms with Crippen molar-refractivity contribution in [1.29, 1.82) is 0 Å². The van der Waals surface area contributed by atoms with Crippen molar-refractivity contribution in [2.75, 3.05) is 13.1 Å². The van der Waals surface area contributed by atoms with Crippen molar-refractivity contribution >= 4 is 18.7 Å². The molecule has 0 aromatic heterocycles. The molecule has 2 heterocycles. The number of likely N-dealkylation sites (tertiary alicyclic amines) is 1. The summed E-state index contributed by atoms with van der Waals surface area (Å²) in [5.41, 5.74) is 1.29. The van der Waals surface area contributed by atoms with Crippen LogP contribution in [0.1, 0.15) is 60.5 Å². The van der Waals surface area contributed by atoms with Crippen LogP contribution in [0, 0.1) is 5.92 Å². The van der Waals surface area contributed by atoms with E-state index in [1.54, 1.807) is 0 Å². The van der Waals surface area contributed by atoms with E-state index in [9.17, 15) is 4.79 Å². The van der Waals surface area contributed by atoms with Gasteiger partial charge in [-0.1, -0.05) is 24.3 Å². The van der Waals surface area contributed by atoms with E-state index in [2.05, 4.69) is 52.0 Å². The fourth-order valence-corrected chi connectivity index (χ4v) is 4.35. The van der Waals surface area contributed by atoms with E-state index < -0.39 is 5.60 Å². The van der Waals surface area contributed by atoms with Gasteiger partial charge in [0.25, 0.3) is 0 Å². The Bertz CT molecular complexity index is 767. The highest BCUT2D eigenvalue weighted by Crippen LogP contribution is 2.59. The van der Waals surface area contributed by atoms with Crippen LogP contribution in [0.5, 0.6) is 0 Å². The summed E-state index contributed by atoms with van der Waals surface area (Å²) < 4.78 is 17.9. The second-order valence-corrected chi connectivity index (χ2v) is 10.6. The lowest BCUT2D eigenvalue weighted by atomic mass is 9.78. The highest BCUT2D eigenvalue weighted by Gasteiger charge is 2.62. The maximum atomic E-state index is 12.4. The Morgan fingerprint density at radius 2 is 1.68 bits per heavy atom. The van der Waals surface area contributed by atoms with Gasteiger partial charge >= 0.3 is 13.2 Å². The van der Waals surface area contributed by atoms with E-state index in [0.717, 1.165) is 25.0 Å². The zero-order valence-electron chi connectivity index (χ0n) is 18.2. The second kappa shape index (κ2) is 5.99. The fraction of sp³-hybridized carbons (Fsp3) is 0.682. The summed E-state index contributed by atoms with van der Waals surface area (Å²) >= 11 is 0. The number of ether oxygens (including phenoxy) is 1. The number of nitrogens with zero attached hydrogens (tertiary/aromatic N) is 1. The predicted octanol–water partition coefficient (Wildman–Crippen LogP) is 3.49. The molecule has 2 saturated heterocycles. The van der Waals surface area contributed by atoms with Crippen molar-refractivity contribution in [2.45, 2.75) is 77.1 Å². The van der Waals surface area contributed by atoms with Crippen molar-refractivity contribution in [3.63, 3.8) is 0 Å². The van der Waals surface area contributed by atoms with E-state index in [-0.39, 0.29) is 29.8 Å². The van der Waals surface area contributed by atoms with Gasteiger partial charge in [0, 0.05) is 18.5 Å². The number of carbonyl (C=O) groups excluding carboxylic acids is 1. The molecule has 4 rings (SSSR count). The molecule has 152 valence electrons. The molecule has 0 bridgehead atoms. The molecule has 1 saturated carbocycles. The summed E-state index contributed by atoms with van der Waals surface area (Å²) in [4.78, 5) is 14.3. The maximum Gasteiger partial charge on any atom is 0.494 e. The Balaban J connectivity index is 1.45. The molecule has 28 heavy (non-hydrogen) atoms. The van der Waals surface area contributed by atoms with Crippen molar-refractivity contribution in [1.82, 2.24) is 4.90 Å². The summed E-state index contributed by atoms with van der Waals surface area (Å²) in [6.45, 7) is 15.5. The highest BCUT2D eigenvalue weighted by atomic mass is 16.7. The summed E-state index contributed by atoms with van der Waals surface area (Å²) in [6.07, 6.45) is 0.940. The van der Waals surface area contributed by atoms with Crippen molar-refractivity contribution in [2.24, 2.45) is 5.92 Å². The van der Waals surface area contributed by atoms with Gasteiger partial charge < -0.3 is 18.9 Å². The summed E-state index contributed by atoms with van der Waals surface area (Å²) in [5.74, 6) is 0.530. The molecule has 2 aliphatic heterocycles. The zero-order chi connectivity index (χ0) is 20.5. The van der Waals surface area contributed by atoms with Crippen LogP contribution in [0.15, 0.2) is 24.3 Å². The molecule has 3 fully saturated rings. The van der Waals surface area contributed by atoms with Crippen LogP contribution in [-0.2, 0) is 19.5 Å². The Morgan fingerprint density at radius 1 is 1.11 bits per heavy atom. The van der Waals surface area contributed by atoms with Crippen molar-refractivity contribution < 1.29 is 18.8 Å². The monoisotopic (exact) mass is 385 g/mol. The fourth-order valence-electron chi connectivity index (χ4n) is 4.35. The quantitative estimate of drug-likeness (QED) is 0.732. The lowest BCUT2D eigenvalue weighted by molar-refractivity contribution is 0.00578. The van der Waals surface area contributed by atoms with Gasteiger partial charge in [-0.25, -0.2) is 4.79 Å². The van der Waals surface area contributed by atoms with Crippen LogP contribution >= 0.6 is 0 Å². The average molecular weight is 385 g/mol. The molecule has 0 radical (unpaired) electrons. The van der Waals surface area contributed by atoms with Gasteiger partial charge in [-0.05, 0) is 71.8 Å². The lowest BCUT2D eigenvalue weighted by Crippen LogP contribution is -2.41. The average Bonchev–Trinajstić information content (AvgIpc) is 3.04. The van der Waals surface area contributed by atoms with E-state index in [4.69, 9.17) is 14.0 Å². The third-order valence-corrected chi connectivity index (χ3v) is 6.81. The molecule has 2 atom stereocenters. The first-order valence-electron chi connectivity index (χ1n) is 10.3. The summed E-state index contributed by atoms with van der Waals surface area (Å²) in [7, 11) is -0.339. The van der Waals surface area contributed by atoms with Crippen LogP contribution in [0.4, 0.5) is 4.79 Å². The molecule has 5 nitrogen and oxygen atoms in total. The minimum absolute atomic E-state index is 0.0887. The zero-order valence-corrected chi connectivity index (χ0v) is 18.2. The molecule has 0 unspecified atom stereocenters. The number of rotatable bonds is 2. The van der Waals surface area contributed by atoms with Gasteiger partial charge in [0.2, 0.25) is 0 Å². The molecule has 1 aliphatic carbocycles. The molecule has 6 heteroatoms. The number of benzene rings is 1. The predicted molar refractivity (Wildman–Crippen MR) is 110 cm³/mol. The Hall–Kier alpha value is -1.53. The van der Waals surface area contributed by atoms with Crippen LogP contribution in [0.3, 0.4) is 0 Å². The van der Waals surface area contributed by atoms with Crippen molar-refractivity contribution in [3.05, 3.63) is 29.8 Å². The molecule has 3 aliphatic rings. The van der Waals surface area contributed by atoms with Gasteiger partial charge in [-0.3, -0.25) is 0 Å². The third-order valence-electron chi connectivity index (χ3n) is 6.81. The first-order chi connectivity index (χ1) is 12.8. The topological polar surface area (TPSA) is 48.0 Å². The number of hydrogen-bond donors (Lipinski definition) is 0. The highest BCUT2D eigenvalue weighted by molar-refractivity contribution is 6.62. The maximum absolute atomic E-state index is 12.4. The molecule has 0 N–H and O–H groups in total. The number of hydrogen-bond acceptors (Lipinski definition) is 4. The number of carbonyl (C=O) groups is 1. The Kier molecular flexibility index (Phi) is 4.23. The van der Waals surface area contributed by atoms with E-state index in [1.807, 2.05) is 25.7 Å². The second-order valence-electron chi connectivity index (χ2n) is 10.6. The molecule has 1 aromatic carbocycles. The molecule has 1 aromatic rings. The van der Waals surface area contributed by atoms with Crippen molar-refractivity contribution in [3.8, 4) is 0 Å². The molecule has 1 amide bonds. The van der Waals surface area contributed by atoms with E-state index in [1.165, 1.54) is 5.56 Å². The SMILES string of the molecule is CC(C)(C)OC(=O)N1C[C@H]2C[C@@]2(c2ccc(B3OC(C)(C)C(C)(C)O3)cc2)C1. The number of piperidine rings is 1. The largest absolute Gasteiger partial charge is 0.494 e. The van der Waals surface area contributed by atoms with Crippen LogP contribution in [-0.4, -0.2) is 48.0 Å². The minimum Gasteiger partial charge on any atom is -0.444 e. The van der Waals surface area contributed by atoms with Gasteiger partial charge in [-0.15, -0.1) is 0 Å². The van der Waals surface area contributed by atoms with Crippen LogP contribution in [0.25, 0.3) is 0 Å². The Labute approximate surface area is 168 Å². The van der Waals surface area contributed by atoms with Gasteiger partial charge in [-0.2, -0.15) is 0 Å². The standard InChI is InChI=1S/C22H32BNO4/c1-19(2,3)26-18(25)24-13-16-12-22(16,14-24)15-8-10-17(11-9-15)23-27-20(4,5)21(6,7)28-23/h8-11,16H,12-14H2,1-7H3/t16-,22+/m1/s1. The normalized spacial score (nSPS) is 30.3. The summed E-state index contributed by atoms with van der Waals surface area (Å²) in [5, 5.41) is 0. The first-order valence-corrected chi connectivity index (χ1v) is 10.3. The molecular weight excluding hydrogens is 353 g/mol. The molecular formula is C22H32BNO4.